The van der Waals surface area contributed by atoms with Crippen LogP contribution in [0.25, 0.3) is 10.9 Å². The normalized spacial score (nSPS) is 11.8. The minimum absolute atomic E-state index is 0.0944. The molecule has 0 spiro atoms. The SMILES string of the molecule is CC(=O)Nc1ccc(SCC(=O)N[C@@H](Cc2c[nH]c3ccccc23)C(=O)O)cc1. The van der Waals surface area contributed by atoms with Gasteiger partial charge in [-0.3, -0.25) is 9.59 Å². The number of H-pyrrole nitrogens is 1. The Morgan fingerprint density at radius 2 is 1.83 bits per heavy atom. The zero-order valence-electron chi connectivity index (χ0n) is 15.8. The Morgan fingerprint density at radius 1 is 1.10 bits per heavy atom. The van der Waals surface area contributed by atoms with Gasteiger partial charge in [-0.15, -0.1) is 11.8 Å². The molecule has 2 amide bonds. The van der Waals surface area contributed by atoms with Crippen molar-refractivity contribution in [2.45, 2.75) is 24.3 Å². The van der Waals surface area contributed by atoms with Crippen molar-refractivity contribution >= 4 is 46.1 Å². The van der Waals surface area contributed by atoms with Gasteiger partial charge in [0.25, 0.3) is 0 Å². The molecule has 8 heteroatoms. The van der Waals surface area contributed by atoms with E-state index >= 15 is 0 Å². The molecule has 4 N–H and O–H groups in total. The Labute approximate surface area is 171 Å². The molecule has 7 nitrogen and oxygen atoms in total. The van der Waals surface area contributed by atoms with Gasteiger partial charge in [-0.25, -0.2) is 4.79 Å². The number of anilines is 1. The molecule has 1 aromatic heterocycles. The van der Waals surface area contributed by atoms with Crippen molar-refractivity contribution in [2.75, 3.05) is 11.1 Å². The van der Waals surface area contributed by atoms with Gasteiger partial charge in [0.2, 0.25) is 11.8 Å². The summed E-state index contributed by atoms with van der Waals surface area (Å²) in [5, 5.41) is 15.7. The molecule has 0 fully saturated rings. The number of aliphatic carboxylic acids is 1. The Bertz CT molecular complexity index is 1030. The molecule has 0 unspecified atom stereocenters. The van der Waals surface area contributed by atoms with Crippen LogP contribution in [0.15, 0.2) is 59.6 Å². The van der Waals surface area contributed by atoms with Gasteiger partial charge in [-0.05, 0) is 35.9 Å². The Morgan fingerprint density at radius 3 is 2.52 bits per heavy atom. The van der Waals surface area contributed by atoms with E-state index in [0.29, 0.717) is 5.69 Å². The lowest BCUT2D eigenvalue weighted by Crippen LogP contribution is -2.43. The highest BCUT2D eigenvalue weighted by Gasteiger charge is 2.21. The number of carboxylic acid groups (broad SMARTS) is 1. The predicted octanol–water partition coefficient (Wildman–Crippen LogP) is 3.03. The van der Waals surface area contributed by atoms with Crippen molar-refractivity contribution in [1.29, 1.82) is 0 Å². The molecular formula is C21H21N3O4S. The van der Waals surface area contributed by atoms with Crippen LogP contribution in [-0.2, 0) is 20.8 Å². The number of hydrogen-bond donors (Lipinski definition) is 4. The number of hydrogen-bond acceptors (Lipinski definition) is 4. The summed E-state index contributed by atoms with van der Waals surface area (Å²) in [6.07, 6.45) is 1.97. The highest BCUT2D eigenvalue weighted by atomic mass is 32.2. The van der Waals surface area contributed by atoms with Crippen molar-refractivity contribution in [3.63, 3.8) is 0 Å². The first kappa shape index (κ1) is 20.5. The Hall–Kier alpha value is -3.26. The average Bonchev–Trinajstić information content (AvgIpc) is 3.09. The van der Waals surface area contributed by atoms with E-state index in [9.17, 15) is 19.5 Å². The lowest BCUT2D eigenvalue weighted by molar-refractivity contribution is -0.141. The maximum absolute atomic E-state index is 12.3. The zero-order valence-corrected chi connectivity index (χ0v) is 16.6. The van der Waals surface area contributed by atoms with Gasteiger partial charge in [0.1, 0.15) is 6.04 Å². The summed E-state index contributed by atoms with van der Waals surface area (Å²) in [6.45, 7) is 1.43. The van der Waals surface area contributed by atoms with Crippen molar-refractivity contribution < 1.29 is 19.5 Å². The third-order valence-corrected chi connectivity index (χ3v) is 5.29. The first-order valence-electron chi connectivity index (χ1n) is 9.00. The van der Waals surface area contributed by atoms with E-state index in [2.05, 4.69) is 15.6 Å². The van der Waals surface area contributed by atoms with Crippen LogP contribution in [0.3, 0.4) is 0 Å². The fourth-order valence-corrected chi connectivity index (χ4v) is 3.65. The standard InChI is InChI=1S/C21H21N3O4S/c1-13(25)23-15-6-8-16(9-7-15)29-12-20(26)24-19(21(27)28)10-14-11-22-18-5-3-2-4-17(14)18/h2-9,11,19,22H,10,12H2,1H3,(H,23,25)(H,24,26)(H,27,28)/t19-/m0/s1. The number of aromatic amines is 1. The van der Waals surface area contributed by atoms with Gasteiger partial charge < -0.3 is 20.7 Å². The van der Waals surface area contributed by atoms with Gasteiger partial charge in [-0.1, -0.05) is 18.2 Å². The lowest BCUT2D eigenvalue weighted by Gasteiger charge is -2.14. The van der Waals surface area contributed by atoms with Crippen molar-refractivity contribution in [2.24, 2.45) is 0 Å². The minimum atomic E-state index is -1.08. The molecular weight excluding hydrogens is 390 g/mol. The molecule has 1 heterocycles. The third kappa shape index (κ3) is 5.61. The lowest BCUT2D eigenvalue weighted by atomic mass is 10.1. The van der Waals surface area contributed by atoms with Crippen LogP contribution < -0.4 is 10.6 Å². The molecule has 2 aromatic carbocycles. The second-order valence-corrected chi connectivity index (χ2v) is 7.56. The Balaban J connectivity index is 1.57. The van der Waals surface area contributed by atoms with Gasteiger partial charge in [0, 0.05) is 41.0 Å². The summed E-state index contributed by atoms with van der Waals surface area (Å²) in [7, 11) is 0. The van der Waals surface area contributed by atoms with Crippen LogP contribution in [0.2, 0.25) is 0 Å². The number of benzene rings is 2. The Kier molecular flexibility index (Phi) is 6.56. The second-order valence-electron chi connectivity index (χ2n) is 6.52. The van der Waals surface area contributed by atoms with Gasteiger partial charge in [-0.2, -0.15) is 0 Å². The molecule has 1 atom stereocenters. The maximum atomic E-state index is 12.3. The number of carbonyl (C=O) groups excluding carboxylic acids is 2. The highest BCUT2D eigenvalue weighted by Crippen LogP contribution is 2.21. The van der Waals surface area contributed by atoms with Crippen molar-refractivity contribution in [3.8, 4) is 0 Å². The molecule has 0 saturated heterocycles. The molecule has 0 radical (unpaired) electrons. The molecule has 3 aromatic rings. The van der Waals surface area contributed by atoms with Crippen LogP contribution in [0.1, 0.15) is 12.5 Å². The number of carbonyl (C=O) groups is 3. The first-order chi connectivity index (χ1) is 13.9. The number of carboxylic acids is 1. The molecule has 150 valence electrons. The number of nitrogens with one attached hydrogen (secondary N) is 3. The summed E-state index contributed by atoms with van der Waals surface area (Å²) < 4.78 is 0. The summed E-state index contributed by atoms with van der Waals surface area (Å²) in [5.41, 5.74) is 2.45. The largest absolute Gasteiger partial charge is 0.480 e. The smallest absolute Gasteiger partial charge is 0.326 e. The zero-order chi connectivity index (χ0) is 20.8. The molecule has 29 heavy (non-hydrogen) atoms. The fraction of sp³-hybridized carbons (Fsp3) is 0.190. The predicted molar refractivity (Wildman–Crippen MR) is 113 cm³/mol. The number of rotatable bonds is 8. The topological polar surface area (TPSA) is 111 Å². The molecule has 0 aliphatic carbocycles. The number of thioether (sulfide) groups is 1. The number of amides is 2. The van der Waals surface area contributed by atoms with Crippen molar-refractivity contribution in [1.82, 2.24) is 10.3 Å². The molecule has 0 bridgehead atoms. The molecule has 0 aliphatic rings. The van der Waals surface area contributed by atoms with E-state index < -0.39 is 12.0 Å². The van der Waals surface area contributed by atoms with Crippen LogP contribution in [0.4, 0.5) is 5.69 Å². The quantitative estimate of drug-likeness (QED) is 0.426. The fourth-order valence-electron chi connectivity index (χ4n) is 2.94. The average molecular weight is 411 g/mol. The molecule has 0 aliphatic heterocycles. The first-order valence-corrected chi connectivity index (χ1v) is 9.98. The monoisotopic (exact) mass is 411 g/mol. The number of fused-ring (bicyclic) bond motifs is 1. The van der Waals surface area contributed by atoms with E-state index in [1.165, 1.54) is 18.7 Å². The second kappa shape index (κ2) is 9.29. The van der Waals surface area contributed by atoms with Gasteiger partial charge in [0.05, 0.1) is 5.75 Å². The van der Waals surface area contributed by atoms with E-state index in [-0.39, 0.29) is 24.0 Å². The summed E-state index contributed by atoms with van der Waals surface area (Å²) in [6, 6.07) is 13.7. The van der Waals surface area contributed by atoms with Crippen LogP contribution >= 0.6 is 11.8 Å². The van der Waals surface area contributed by atoms with Crippen LogP contribution in [-0.4, -0.2) is 39.7 Å². The van der Waals surface area contributed by atoms with E-state index in [1.54, 1.807) is 30.5 Å². The number of aromatic nitrogens is 1. The summed E-state index contributed by atoms with van der Waals surface area (Å²) in [4.78, 5) is 38.9. The van der Waals surface area contributed by atoms with E-state index in [4.69, 9.17) is 0 Å². The maximum Gasteiger partial charge on any atom is 0.326 e. The summed E-state index contributed by atoms with van der Waals surface area (Å²) in [5.74, 6) is -1.49. The highest BCUT2D eigenvalue weighted by molar-refractivity contribution is 8.00. The van der Waals surface area contributed by atoms with E-state index in [0.717, 1.165) is 21.4 Å². The van der Waals surface area contributed by atoms with E-state index in [1.807, 2.05) is 24.3 Å². The number of para-hydroxylation sites is 1. The van der Waals surface area contributed by atoms with Gasteiger partial charge >= 0.3 is 5.97 Å². The summed E-state index contributed by atoms with van der Waals surface area (Å²) >= 11 is 1.30. The molecule has 3 rings (SSSR count). The van der Waals surface area contributed by atoms with Gasteiger partial charge in [0.15, 0.2) is 0 Å². The van der Waals surface area contributed by atoms with Crippen LogP contribution in [0.5, 0.6) is 0 Å². The van der Waals surface area contributed by atoms with Crippen molar-refractivity contribution in [3.05, 3.63) is 60.3 Å². The van der Waals surface area contributed by atoms with Crippen LogP contribution in [0, 0.1) is 0 Å². The minimum Gasteiger partial charge on any atom is -0.480 e. The third-order valence-electron chi connectivity index (χ3n) is 4.28. The molecule has 0 saturated carbocycles.